The van der Waals surface area contributed by atoms with Crippen molar-refractivity contribution in [3.05, 3.63) is 42.1 Å². The third-order valence-corrected chi connectivity index (χ3v) is 3.54. The average Bonchev–Trinajstić information content (AvgIpc) is 3.01. The van der Waals surface area contributed by atoms with Crippen LogP contribution in [0.15, 0.2) is 30.6 Å². The molecule has 0 aliphatic carbocycles. The van der Waals surface area contributed by atoms with Gasteiger partial charge in [0, 0.05) is 26.0 Å². The molecule has 0 spiro atoms. The molecule has 0 saturated heterocycles. The predicted octanol–water partition coefficient (Wildman–Crippen LogP) is 1.55. The molecule has 3 aromatic rings. The SMILES string of the molecule is CC(NCc1nn(C)c2ccccc12)c1nncn1C. The molecule has 1 N–H and O–H groups in total. The predicted molar refractivity (Wildman–Crippen MR) is 77.0 cm³/mol. The van der Waals surface area contributed by atoms with Crippen molar-refractivity contribution in [2.45, 2.75) is 19.5 Å². The number of benzene rings is 1. The summed E-state index contributed by atoms with van der Waals surface area (Å²) in [5.74, 6) is 0.922. The maximum absolute atomic E-state index is 4.58. The van der Waals surface area contributed by atoms with Crippen LogP contribution in [-0.4, -0.2) is 24.5 Å². The molecule has 0 aliphatic rings. The van der Waals surface area contributed by atoms with Crippen molar-refractivity contribution in [3.8, 4) is 0 Å². The van der Waals surface area contributed by atoms with E-state index in [0.717, 1.165) is 17.0 Å². The van der Waals surface area contributed by atoms with Gasteiger partial charge in [0.25, 0.3) is 0 Å². The van der Waals surface area contributed by atoms with Crippen LogP contribution in [0, 0.1) is 0 Å². The van der Waals surface area contributed by atoms with Gasteiger partial charge in [-0.25, -0.2) is 0 Å². The Hall–Kier alpha value is -2.21. The summed E-state index contributed by atoms with van der Waals surface area (Å²) in [6, 6.07) is 8.39. The van der Waals surface area contributed by atoms with Crippen molar-refractivity contribution in [2.24, 2.45) is 14.1 Å². The summed E-state index contributed by atoms with van der Waals surface area (Å²) in [6.07, 6.45) is 1.71. The highest BCUT2D eigenvalue weighted by Crippen LogP contribution is 2.18. The zero-order valence-corrected chi connectivity index (χ0v) is 11.9. The smallest absolute Gasteiger partial charge is 0.149 e. The van der Waals surface area contributed by atoms with Gasteiger partial charge in [0.2, 0.25) is 0 Å². The molecule has 6 heteroatoms. The molecule has 0 aliphatic heterocycles. The number of para-hydroxylation sites is 1. The van der Waals surface area contributed by atoms with Gasteiger partial charge in [0.1, 0.15) is 12.2 Å². The van der Waals surface area contributed by atoms with Crippen LogP contribution in [0.5, 0.6) is 0 Å². The fourth-order valence-corrected chi connectivity index (χ4v) is 2.44. The fourth-order valence-electron chi connectivity index (χ4n) is 2.44. The van der Waals surface area contributed by atoms with Crippen molar-refractivity contribution < 1.29 is 0 Å². The standard InChI is InChI=1S/C14H18N6/c1-10(14-17-16-9-19(14)2)15-8-12-11-6-4-5-7-13(11)20(3)18-12/h4-7,9-10,15H,8H2,1-3H3. The molecule has 2 heterocycles. The Morgan fingerprint density at radius 3 is 2.80 bits per heavy atom. The second kappa shape index (κ2) is 5.05. The van der Waals surface area contributed by atoms with Crippen molar-refractivity contribution in [3.63, 3.8) is 0 Å². The number of aromatic nitrogens is 5. The van der Waals surface area contributed by atoms with E-state index in [4.69, 9.17) is 0 Å². The first kappa shape index (κ1) is 12.8. The van der Waals surface area contributed by atoms with Crippen LogP contribution in [0.4, 0.5) is 0 Å². The summed E-state index contributed by atoms with van der Waals surface area (Å²) in [5.41, 5.74) is 2.20. The lowest BCUT2D eigenvalue weighted by molar-refractivity contribution is 0.521. The Kier molecular flexibility index (Phi) is 3.23. The minimum atomic E-state index is 0.128. The molecule has 0 radical (unpaired) electrons. The number of fused-ring (bicyclic) bond motifs is 1. The van der Waals surface area contributed by atoms with Crippen LogP contribution in [0.1, 0.15) is 24.5 Å². The van der Waals surface area contributed by atoms with Gasteiger partial charge in [-0.2, -0.15) is 5.10 Å². The fraction of sp³-hybridized carbons (Fsp3) is 0.357. The molecule has 104 valence electrons. The Labute approximate surface area is 117 Å². The average molecular weight is 270 g/mol. The lowest BCUT2D eigenvalue weighted by Crippen LogP contribution is -2.21. The largest absolute Gasteiger partial charge is 0.319 e. The van der Waals surface area contributed by atoms with Crippen LogP contribution in [0.2, 0.25) is 0 Å². The zero-order chi connectivity index (χ0) is 14.1. The highest BCUT2D eigenvalue weighted by atomic mass is 15.3. The van der Waals surface area contributed by atoms with Gasteiger partial charge >= 0.3 is 0 Å². The molecule has 1 aromatic carbocycles. The van der Waals surface area contributed by atoms with Crippen molar-refractivity contribution in [1.29, 1.82) is 0 Å². The second-order valence-electron chi connectivity index (χ2n) is 4.99. The van der Waals surface area contributed by atoms with Crippen molar-refractivity contribution >= 4 is 10.9 Å². The normalized spacial score (nSPS) is 12.9. The molecular formula is C14H18N6. The van der Waals surface area contributed by atoms with E-state index in [2.05, 4.69) is 39.7 Å². The first-order valence-corrected chi connectivity index (χ1v) is 6.64. The van der Waals surface area contributed by atoms with E-state index in [0.29, 0.717) is 6.54 Å². The van der Waals surface area contributed by atoms with Crippen molar-refractivity contribution in [1.82, 2.24) is 29.9 Å². The van der Waals surface area contributed by atoms with E-state index in [1.54, 1.807) is 6.33 Å². The number of nitrogens with zero attached hydrogens (tertiary/aromatic N) is 5. The third kappa shape index (κ3) is 2.18. The quantitative estimate of drug-likeness (QED) is 0.781. The lowest BCUT2D eigenvalue weighted by Gasteiger charge is -2.11. The number of hydrogen-bond acceptors (Lipinski definition) is 4. The molecule has 2 aromatic heterocycles. The van der Waals surface area contributed by atoms with E-state index in [1.165, 1.54) is 5.39 Å². The first-order valence-electron chi connectivity index (χ1n) is 6.64. The van der Waals surface area contributed by atoms with Gasteiger partial charge in [-0.05, 0) is 13.0 Å². The van der Waals surface area contributed by atoms with Gasteiger partial charge < -0.3 is 9.88 Å². The number of aryl methyl sites for hydroxylation is 2. The topological polar surface area (TPSA) is 60.6 Å². The lowest BCUT2D eigenvalue weighted by atomic mass is 10.2. The molecule has 0 bridgehead atoms. The molecule has 6 nitrogen and oxygen atoms in total. The third-order valence-electron chi connectivity index (χ3n) is 3.54. The molecule has 0 saturated carbocycles. The Morgan fingerprint density at radius 2 is 2.05 bits per heavy atom. The number of nitrogens with one attached hydrogen (secondary N) is 1. The molecule has 1 atom stereocenters. The minimum Gasteiger partial charge on any atom is -0.319 e. The molecule has 1 unspecified atom stereocenters. The van der Waals surface area contributed by atoms with Gasteiger partial charge in [-0.1, -0.05) is 18.2 Å². The minimum absolute atomic E-state index is 0.128. The van der Waals surface area contributed by atoms with Crippen LogP contribution < -0.4 is 5.32 Å². The first-order chi connectivity index (χ1) is 9.66. The maximum atomic E-state index is 4.58. The number of hydrogen-bond donors (Lipinski definition) is 1. The summed E-state index contributed by atoms with van der Waals surface area (Å²) in [4.78, 5) is 0. The van der Waals surface area contributed by atoms with E-state index >= 15 is 0 Å². The molecule has 0 fully saturated rings. The van der Waals surface area contributed by atoms with E-state index in [-0.39, 0.29) is 6.04 Å². The van der Waals surface area contributed by atoms with Crippen LogP contribution in [0.3, 0.4) is 0 Å². The van der Waals surface area contributed by atoms with Gasteiger partial charge in [0.05, 0.1) is 17.3 Å². The highest BCUT2D eigenvalue weighted by Gasteiger charge is 2.13. The van der Waals surface area contributed by atoms with Crippen LogP contribution in [-0.2, 0) is 20.6 Å². The van der Waals surface area contributed by atoms with Crippen LogP contribution >= 0.6 is 0 Å². The summed E-state index contributed by atoms with van der Waals surface area (Å²) in [7, 11) is 3.92. The highest BCUT2D eigenvalue weighted by molar-refractivity contribution is 5.81. The van der Waals surface area contributed by atoms with Crippen molar-refractivity contribution in [2.75, 3.05) is 0 Å². The molecule has 3 rings (SSSR count). The zero-order valence-electron chi connectivity index (χ0n) is 11.9. The Morgan fingerprint density at radius 1 is 1.25 bits per heavy atom. The van der Waals surface area contributed by atoms with E-state index < -0.39 is 0 Å². The molecule has 20 heavy (non-hydrogen) atoms. The van der Waals surface area contributed by atoms with Gasteiger partial charge in [0.15, 0.2) is 0 Å². The van der Waals surface area contributed by atoms with Crippen LogP contribution in [0.25, 0.3) is 10.9 Å². The molecular weight excluding hydrogens is 252 g/mol. The molecule has 0 amide bonds. The summed E-state index contributed by atoms with van der Waals surface area (Å²) in [6.45, 7) is 2.78. The van der Waals surface area contributed by atoms with E-state index in [9.17, 15) is 0 Å². The Balaban J connectivity index is 1.79. The van der Waals surface area contributed by atoms with E-state index in [1.807, 2.05) is 35.5 Å². The summed E-state index contributed by atoms with van der Waals surface area (Å²) in [5, 5.41) is 17.2. The summed E-state index contributed by atoms with van der Waals surface area (Å²) < 4.78 is 3.84. The second-order valence-corrected chi connectivity index (χ2v) is 4.99. The van der Waals surface area contributed by atoms with Gasteiger partial charge in [-0.15, -0.1) is 10.2 Å². The maximum Gasteiger partial charge on any atom is 0.149 e. The monoisotopic (exact) mass is 270 g/mol. The summed E-state index contributed by atoms with van der Waals surface area (Å²) >= 11 is 0. The van der Waals surface area contributed by atoms with Gasteiger partial charge in [-0.3, -0.25) is 4.68 Å². The Bertz CT molecular complexity index is 726. The number of rotatable bonds is 4.